The van der Waals surface area contributed by atoms with E-state index in [-0.39, 0.29) is 24.6 Å². The lowest BCUT2D eigenvalue weighted by Gasteiger charge is -2.31. The number of rotatable bonds is 6. The maximum atomic E-state index is 13.7. The average molecular weight is 354 g/mol. The number of Topliss-reactive ketones (excluding diaryl/α,β-unsaturated/α-hetero) is 1. The van der Waals surface area contributed by atoms with Gasteiger partial charge >= 0.3 is 12.0 Å². The summed E-state index contributed by atoms with van der Waals surface area (Å²) in [5.74, 6) is -3.23. The van der Waals surface area contributed by atoms with Crippen LogP contribution in [0.5, 0.6) is 0 Å². The fourth-order valence-corrected chi connectivity index (χ4v) is 2.80. The summed E-state index contributed by atoms with van der Waals surface area (Å²) in [6, 6.07) is 2.48. The van der Waals surface area contributed by atoms with E-state index in [0.717, 1.165) is 18.2 Å². The third-order valence-electron chi connectivity index (χ3n) is 4.19. The van der Waals surface area contributed by atoms with E-state index in [4.69, 9.17) is 5.11 Å². The van der Waals surface area contributed by atoms with Gasteiger partial charge in [0, 0.05) is 32.0 Å². The number of carbonyl (C=O) groups excluding carboxylic acids is 2. The molecule has 1 fully saturated rings. The summed E-state index contributed by atoms with van der Waals surface area (Å²) >= 11 is 0. The molecule has 1 heterocycles. The maximum absolute atomic E-state index is 13.7. The molecule has 0 atom stereocenters. The van der Waals surface area contributed by atoms with Crippen molar-refractivity contribution in [3.05, 3.63) is 35.4 Å². The molecule has 0 aliphatic carbocycles. The van der Waals surface area contributed by atoms with Crippen molar-refractivity contribution in [2.45, 2.75) is 25.7 Å². The fraction of sp³-hybridized carbons (Fsp3) is 0.471. The van der Waals surface area contributed by atoms with Crippen molar-refractivity contribution in [1.82, 2.24) is 10.2 Å². The van der Waals surface area contributed by atoms with Gasteiger partial charge in [-0.25, -0.2) is 13.6 Å². The lowest BCUT2D eigenvalue weighted by atomic mass is 9.88. The van der Waals surface area contributed by atoms with Crippen LogP contribution in [0.2, 0.25) is 0 Å². The van der Waals surface area contributed by atoms with Crippen LogP contribution in [0.3, 0.4) is 0 Å². The molecule has 2 rings (SSSR count). The van der Waals surface area contributed by atoms with Crippen LogP contribution in [-0.2, 0) is 4.79 Å². The predicted octanol–water partition coefficient (Wildman–Crippen LogP) is 2.43. The smallest absolute Gasteiger partial charge is 0.317 e. The molecular weight excluding hydrogens is 334 g/mol. The standard InChI is InChI=1S/C17H20F2N2O4/c18-12-3-4-14(19)13(10-12)16(24)11-5-8-21(9-6-11)17(25)20-7-1-2-15(22)23/h3-4,10-11H,1-2,5-9H2,(H,20,25)(H,22,23). The van der Waals surface area contributed by atoms with Gasteiger partial charge in [-0.05, 0) is 37.5 Å². The van der Waals surface area contributed by atoms with Gasteiger partial charge in [0.25, 0.3) is 0 Å². The second-order valence-electron chi connectivity index (χ2n) is 5.98. The number of hydrogen-bond donors (Lipinski definition) is 2. The highest BCUT2D eigenvalue weighted by Gasteiger charge is 2.29. The molecule has 1 aromatic rings. The molecule has 2 N–H and O–H groups in total. The summed E-state index contributed by atoms with van der Waals surface area (Å²) in [4.78, 5) is 36.2. The fourth-order valence-electron chi connectivity index (χ4n) is 2.80. The molecule has 0 unspecified atom stereocenters. The van der Waals surface area contributed by atoms with Crippen molar-refractivity contribution in [3.8, 4) is 0 Å². The van der Waals surface area contributed by atoms with Gasteiger partial charge in [0.05, 0.1) is 5.56 Å². The first-order chi connectivity index (χ1) is 11.9. The van der Waals surface area contributed by atoms with Crippen LogP contribution in [-0.4, -0.2) is 47.4 Å². The SMILES string of the molecule is O=C(O)CCCNC(=O)N1CCC(C(=O)c2cc(F)ccc2F)CC1. The van der Waals surface area contributed by atoms with Crippen molar-refractivity contribution < 1.29 is 28.3 Å². The van der Waals surface area contributed by atoms with E-state index in [0.29, 0.717) is 32.4 Å². The second kappa shape index (κ2) is 8.55. The number of carbonyl (C=O) groups is 3. The summed E-state index contributed by atoms with van der Waals surface area (Å²) in [5.41, 5.74) is -0.253. The summed E-state index contributed by atoms with van der Waals surface area (Å²) < 4.78 is 26.9. The Morgan fingerprint density at radius 1 is 1.20 bits per heavy atom. The van der Waals surface area contributed by atoms with Crippen LogP contribution >= 0.6 is 0 Å². The summed E-state index contributed by atoms with van der Waals surface area (Å²) in [5, 5.41) is 11.2. The van der Waals surface area contributed by atoms with E-state index >= 15 is 0 Å². The van der Waals surface area contributed by atoms with E-state index in [9.17, 15) is 23.2 Å². The lowest BCUT2D eigenvalue weighted by molar-refractivity contribution is -0.137. The molecule has 0 radical (unpaired) electrons. The largest absolute Gasteiger partial charge is 0.481 e. The van der Waals surface area contributed by atoms with Gasteiger partial charge in [0.15, 0.2) is 5.78 Å². The monoisotopic (exact) mass is 354 g/mol. The Hall–Kier alpha value is -2.51. The van der Waals surface area contributed by atoms with Gasteiger partial charge in [-0.2, -0.15) is 0 Å². The number of carboxylic acids is 1. The van der Waals surface area contributed by atoms with Crippen molar-refractivity contribution in [1.29, 1.82) is 0 Å². The maximum Gasteiger partial charge on any atom is 0.317 e. The van der Waals surface area contributed by atoms with E-state index in [1.54, 1.807) is 0 Å². The van der Waals surface area contributed by atoms with E-state index in [1.807, 2.05) is 0 Å². The number of aliphatic carboxylic acids is 1. The zero-order valence-electron chi connectivity index (χ0n) is 13.6. The second-order valence-corrected chi connectivity index (χ2v) is 5.98. The van der Waals surface area contributed by atoms with Crippen LogP contribution in [0.15, 0.2) is 18.2 Å². The minimum absolute atomic E-state index is 0.0178. The van der Waals surface area contributed by atoms with Crippen LogP contribution in [0.1, 0.15) is 36.0 Å². The molecule has 2 amide bonds. The van der Waals surface area contributed by atoms with Gasteiger partial charge in [-0.1, -0.05) is 0 Å². The van der Waals surface area contributed by atoms with Gasteiger partial charge in [0.1, 0.15) is 11.6 Å². The highest BCUT2D eigenvalue weighted by atomic mass is 19.1. The van der Waals surface area contributed by atoms with Crippen molar-refractivity contribution in [2.24, 2.45) is 5.92 Å². The minimum Gasteiger partial charge on any atom is -0.481 e. The molecular formula is C17H20F2N2O4. The lowest BCUT2D eigenvalue weighted by Crippen LogP contribution is -2.45. The number of piperidine rings is 1. The minimum atomic E-state index is -0.918. The number of likely N-dealkylation sites (tertiary alicyclic amines) is 1. The normalized spacial score (nSPS) is 15.0. The Labute approximate surface area is 143 Å². The zero-order valence-corrected chi connectivity index (χ0v) is 13.6. The first-order valence-electron chi connectivity index (χ1n) is 8.12. The molecule has 1 aromatic carbocycles. The first-order valence-corrected chi connectivity index (χ1v) is 8.12. The number of hydrogen-bond acceptors (Lipinski definition) is 3. The van der Waals surface area contributed by atoms with Gasteiger partial charge in [-0.15, -0.1) is 0 Å². The van der Waals surface area contributed by atoms with Gasteiger partial charge in [0.2, 0.25) is 0 Å². The number of nitrogens with one attached hydrogen (secondary N) is 1. The molecule has 6 nitrogen and oxygen atoms in total. The Kier molecular flexibility index (Phi) is 6.44. The van der Waals surface area contributed by atoms with E-state index in [1.165, 1.54) is 4.90 Å². The molecule has 0 spiro atoms. The molecule has 1 aliphatic heterocycles. The van der Waals surface area contributed by atoms with E-state index < -0.39 is 29.3 Å². The topological polar surface area (TPSA) is 86.7 Å². The Bertz CT molecular complexity index is 658. The number of halogens is 2. The number of urea groups is 1. The molecule has 8 heteroatoms. The third kappa shape index (κ3) is 5.23. The predicted molar refractivity (Wildman–Crippen MR) is 85.3 cm³/mol. The van der Waals surface area contributed by atoms with Gasteiger partial charge < -0.3 is 15.3 Å². The van der Waals surface area contributed by atoms with Crippen LogP contribution < -0.4 is 5.32 Å². The first kappa shape index (κ1) is 18.8. The quantitative estimate of drug-likeness (QED) is 0.607. The number of ketones is 1. The van der Waals surface area contributed by atoms with Crippen LogP contribution in [0, 0.1) is 17.6 Å². The number of benzene rings is 1. The van der Waals surface area contributed by atoms with Crippen LogP contribution in [0.4, 0.5) is 13.6 Å². The average Bonchev–Trinajstić information content (AvgIpc) is 2.60. The van der Waals surface area contributed by atoms with Crippen LogP contribution in [0.25, 0.3) is 0 Å². The summed E-state index contributed by atoms with van der Waals surface area (Å²) in [6.07, 6.45) is 1.07. The van der Waals surface area contributed by atoms with Crippen molar-refractivity contribution in [2.75, 3.05) is 19.6 Å². The number of amides is 2. The summed E-state index contributed by atoms with van der Waals surface area (Å²) in [7, 11) is 0. The highest BCUT2D eigenvalue weighted by molar-refractivity contribution is 5.98. The molecule has 1 saturated heterocycles. The molecule has 136 valence electrons. The van der Waals surface area contributed by atoms with E-state index in [2.05, 4.69) is 5.32 Å². The summed E-state index contributed by atoms with van der Waals surface area (Å²) in [6.45, 7) is 0.925. The Balaban J connectivity index is 1.82. The molecule has 0 saturated carbocycles. The number of carboxylic acid groups (broad SMARTS) is 1. The molecule has 1 aliphatic rings. The molecule has 25 heavy (non-hydrogen) atoms. The molecule has 0 bridgehead atoms. The molecule has 0 aromatic heterocycles. The van der Waals surface area contributed by atoms with Crippen molar-refractivity contribution in [3.63, 3.8) is 0 Å². The number of nitrogens with zero attached hydrogens (tertiary/aromatic N) is 1. The Morgan fingerprint density at radius 3 is 2.52 bits per heavy atom. The third-order valence-corrected chi connectivity index (χ3v) is 4.19. The zero-order chi connectivity index (χ0) is 18.4. The van der Waals surface area contributed by atoms with Gasteiger partial charge in [-0.3, -0.25) is 9.59 Å². The van der Waals surface area contributed by atoms with Crippen molar-refractivity contribution >= 4 is 17.8 Å². The Morgan fingerprint density at radius 2 is 1.88 bits per heavy atom. The highest BCUT2D eigenvalue weighted by Crippen LogP contribution is 2.23.